The van der Waals surface area contributed by atoms with Crippen molar-refractivity contribution in [3.05, 3.63) is 0 Å². The molecular weight excluding hydrogens is 364 g/mol. The minimum atomic E-state index is -1.59. The number of guanidine groups is 1. The van der Waals surface area contributed by atoms with E-state index in [4.69, 9.17) is 32.2 Å². The van der Waals surface area contributed by atoms with Gasteiger partial charge in [0, 0.05) is 13.0 Å². The van der Waals surface area contributed by atoms with Gasteiger partial charge in [-0.15, -0.1) is 0 Å². The molecule has 0 unspecified atom stereocenters. The van der Waals surface area contributed by atoms with E-state index in [1.54, 1.807) is 0 Å². The standard InChI is InChI=1S/C14H26N6O7/c15-7(2-1-5-18-14(16)17)11(24)19-8(3-4-10(22)23)12(25)20-9(6-21)13(26)27/h7-9,21H,1-6,15H2,(H,19,24)(H,20,25)(H,22,23)(H,26,27)(H4,16,17,18)/t7-,8-,9-/m0/s1. The molecule has 0 saturated carbocycles. The number of nitrogens with one attached hydrogen (secondary N) is 4. The van der Waals surface area contributed by atoms with Crippen LogP contribution in [0.1, 0.15) is 25.7 Å². The Hall–Kier alpha value is -2.93. The number of aliphatic carboxylic acids is 2. The summed E-state index contributed by atoms with van der Waals surface area (Å²) in [6.45, 7) is -0.556. The number of aliphatic hydroxyl groups is 1. The molecule has 13 nitrogen and oxygen atoms in total. The summed E-state index contributed by atoms with van der Waals surface area (Å²) < 4.78 is 0. The summed E-state index contributed by atoms with van der Waals surface area (Å²) in [6, 6.07) is -3.93. The second-order valence-electron chi connectivity index (χ2n) is 5.66. The molecule has 0 radical (unpaired) electrons. The summed E-state index contributed by atoms with van der Waals surface area (Å²) in [7, 11) is 0. The Kier molecular flexibility index (Phi) is 11.1. The van der Waals surface area contributed by atoms with Gasteiger partial charge in [-0.25, -0.2) is 4.79 Å². The topological polar surface area (TPSA) is 241 Å². The normalized spacial score (nSPS) is 13.7. The number of rotatable bonds is 13. The minimum absolute atomic E-state index is 0.202. The molecule has 0 saturated heterocycles. The Morgan fingerprint density at radius 1 is 1.00 bits per heavy atom. The van der Waals surface area contributed by atoms with E-state index in [1.165, 1.54) is 0 Å². The van der Waals surface area contributed by atoms with Gasteiger partial charge >= 0.3 is 11.9 Å². The highest BCUT2D eigenvalue weighted by molar-refractivity contribution is 5.92. The van der Waals surface area contributed by atoms with Crippen LogP contribution in [0.4, 0.5) is 0 Å². The van der Waals surface area contributed by atoms with E-state index in [9.17, 15) is 19.2 Å². The third-order valence-corrected chi connectivity index (χ3v) is 3.42. The number of hydrogen-bond donors (Lipinski definition) is 9. The molecule has 0 bridgehead atoms. The van der Waals surface area contributed by atoms with Gasteiger partial charge in [0.15, 0.2) is 5.96 Å². The lowest BCUT2D eigenvalue weighted by atomic mass is 10.1. The largest absolute Gasteiger partial charge is 0.481 e. The maximum Gasteiger partial charge on any atom is 0.328 e. The van der Waals surface area contributed by atoms with Gasteiger partial charge < -0.3 is 42.7 Å². The highest BCUT2D eigenvalue weighted by atomic mass is 16.4. The lowest BCUT2D eigenvalue weighted by Crippen LogP contribution is -2.55. The molecule has 0 spiro atoms. The van der Waals surface area contributed by atoms with E-state index in [-0.39, 0.29) is 18.8 Å². The Labute approximate surface area is 155 Å². The summed E-state index contributed by atoms with van der Waals surface area (Å²) in [4.78, 5) is 45.8. The van der Waals surface area contributed by atoms with Crippen molar-refractivity contribution in [2.45, 2.75) is 43.8 Å². The fraction of sp³-hybridized carbons (Fsp3) is 0.643. The van der Waals surface area contributed by atoms with Crippen molar-refractivity contribution in [3.8, 4) is 0 Å². The van der Waals surface area contributed by atoms with E-state index in [0.29, 0.717) is 13.0 Å². The lowest BCUT2D eigenvalue weighted by Gasteiger charge is -2.22. The quantitative estimate of drug-likeness (QED) is 0.0852. The number of amides is 2. The van der Waals surface area contributed by atoms with E-state index in [2.05, 4.69) is 10.6 Å². The molecule has 2 amide bonds. The van der Waals surface area contributed by atoms with Crippen LogP contribution in [-0.4, -0.2) is 76.3 Å². The second kappa shape index (κ2) is 12.4. The summed E-state index contributed by atoms with van der Waals surface area (Å²) in [6.07, 6.45) is -0.129. The van der Waals surface area contributed by atoms with E-state index >= 15 is 0 Å². The first-order chi connectivity index (χ1) is 12.6. The molecule has 13 heteroatoms. The van der Waals surface area contributed by atoms with E-state index in [1.807, 2.05) is 5.32 Å². The van der Waals surface area contributed by atoms with Crippen LogP contribution >= 0.6 is 0 Å². The summed E-state index contributed by atoms with van der Waals surface area (Å²) in [5.41, 5.74) is 10.8. The van der Waals surface area contributed by atoms with Gasteiger partial charge in [-0.2, -0.15) is 0 Å². The van der Waals surface area contributed by atoms with Crippen LogP contribution < -0.4 is 27.4 Å². The summed E-state index contributed by atoms with van der Waals surface area (Å²) in [5.74, 6) is -4.59. The number of carboxylic acid groups (broad SMARTS) is 2. The molecule has 0 aliphatic rings. The molecule has 0 aliphatic carbocycles. The van der Waals surface area contributed by atoms with Crippen molar-refractivity contribution in [2.24, 2.45) is 11.5 Å². The number of nitrogens with two attached hydrogens (primary N) is 2. The van der Waals surface area contributed by atoms with Crippen molar-refractivity contribution in [3.63, 3.8) is 0 Å². The van der Waals surface area contributed by atoms with E-state index in [0.717, 1.165) is 0 Å². The predicted octanol–water partition coefficient (Wildman–Crippen LogP) is -3.51. The predicted molar refractivity (Wildman–Crippen MR) is 92.6 cm³/mol. The fourth-order valence-corrected chi connectivity index (χ4v) is 1.95. The maximum absolute atomic E-state index is 12.1. The van der Waals surface area contributed by atoms with Crippen LogP contribution in [0.3, 0.4) is 0 Å². The molecule has 3 atom stereocenters. The van der Waals surface area contributed by atoms with Crippen molar-refractivity contribution in [1.82, 2.24) is 16.0 Å². The molecule has 27 heavy (non-hydrogen) atoms. The number of hydrogen-bond acceptors (Lipinski definition) is 7. The molecule has 11 N–H and O–H groups in total. The first-order valence-corrected chi connectivity index (χ1v) is 8.08. The van der Waals surface area contributed by atoms with Crippen molar-refractivity contribution >= 4 is 29.7 Å². The molecule has 154 valence electrons. The Balaban J connectivity index is 4.79. The lowest BCUT2D eigenvalue weighted by molar-refractivity contribution is -0.144. The fourth-order valence-electron chi connectivity index (χ4n) is 1.95. The maximum atomic E-state index is 12.1. The van der Waals surface area contributed by atoms with Crippen LogP contribution in [0.5, 0.6) is 0 Å². The average Bonchev–Trinajstić information content (AvgIpc) is 2.58. The third-order valence-electron chi connectivity index (χ3n) is 3.42. The van der Waals surface area contributed by atoms with Crippen LogP contribution in [0, 0.1) is 5.41 Å². The molecule has 0 rings (SSSR count). The minimum Gasteiger partial charge on any atom is -0.481 e. The second-order valence-corrected chi connectivity index (χ2v) is 5.66. The SMILES string of the molecule is N=C(N)NCCC[C@H](N)C(=O)N[C@@H](CCC(=O)O)C(=O)N[C@@H](CO)C(=O)O. The Morgan fingerprint density at radius 2 is 1.59 bits per heavy atom. The zero-order valence-electron chi connectivity index (χ0n) is 14.6. The van der Waals surface area contributed by atoms with Crippen molar-refractivity contribution in [2.75, 3.05) is 13.2 Å². The zero-order chi connectivity index (χ0) is 21.0. The highest BCUT2D eigenvalue weighted by Gasteiger charge is 2.27. The number of aliphatic hydroxyl groups excluding tert-OH is 1. The summed E-state index contributed by atoms with van der Waals surface area (Å²) >= 11 is 0. The average molecular weight is 390 g/mol. The van der Waals surface area contributed by atoms with Crippen LogP contribution in [-0.2, 0) is 19.2 Å². The molecular formula is C14H26N6O7. The molecule has 0 aromatic rings. The molecule has 0 aromatic carbocycles. The van der Waals surface area contributed by atoms with Gasteiger partial charge in [-0.05, 0) is 19.3 Å². The van der Waals surface area contributed by atoms with Crippen LogP contribution in [0.25, 0.3) is 0 Å². The first kappa shape index (κ1) is 24.1. The van der Waals surface area contributed by atoms with Gasteiger partial charge in [0.2, 0.25) is 11.8 Å². The number of carboxylic acids is 2. The zero-order valence-corrected chi connectivity index (χ0v) is 14.6. The van der Waals surface area contributed by atoms with Crippen molar-refractivity contribution < 1.29 is 34.5 Å². The molecule has 0 aromatic heterocycles. The van der Waals surface area contributed by atoms with Gasteiger partial charge in [0.1, 0.15) is 12.1 Å². The summed E-state index contributed by atoms with van der Waals surface area (Å²) in [5, 5.41) is 40.4. The smallest absolute Gasteiger partial charge is 0.328 e. The van der Waals surface area contributed by atoms with Gasteiger partial charge in [-0.1, -0.05) is 0 Å². The number of carbonyl (C=O) groups excluding carboxylic acids is 2. The third kappa shape index (κ3) is 10.6. The van der Waals surface area contributed by atoms with E-state index < -0.39 is 54.9 Å². The highest BCUT2D eigenvalue weighted by Crippen LogP contribution is 2.02. The number of carbonyl (C=O) groups is 4. The first-order valence-electron chi connectivity index (χ1n) is 8.08. The van der Waals surface area contributed by atoms with Crippen LogP contribution in [0.15, 0.2) is 0 Å². The van der Waals surface area contributed by atoms with Gasteiger partial charge in [-0.3, -0.25) is 19.8 Å². The molecule has 0 fully saturated rings. The van der Waals surface area contributed by atoms with Gasteiger partial charge in [0.05, 0.1) is 12.6 Å². The Morgan fingerprint density at radius 3 is 2.07 bits per heavy atom. The monoisotopic (exact) mass is 390 g/mol. The Bertz CT molecular complexity index is 556. The van der Waals surface area contributed by atoms with Crippen molar-refractivity contribution in [1.29, 1.82) is 5.41 Å². The molecule has 0 heterocycles. The van der Waals surface area contributed by atoms with Gasteiger partial charge in [0.25, 0.3) is 0 Å². The molecule has 0 aliphatic heterocycles. The van der Waals surface area contributed by atoms with Crippen LogP contribution in [0.2, 0.25) is 0 Å².